The molecule has 0 radical (unpaired) electrons. The second kappa shape index (κ2) is 9.82. The van der Waals surface area contributed by atoms with Crippen molar-refractivity contribution in [1.29, 1.82) is 0 Å². The lowest BCUT2D eigenvalue weighted by Crippen LogP contribution is -2.07. The molecule has 0 fully saturated rings. The van der Waals surface area contributed by atoms with Gasteiger partial charge in [0, 0.05) is 0 Å². The van der Waals surface area contributed by atoms with E-state index in [2.05, 4.69) is 39.0 Å². The molecule has 1 rings (SSSR count). The number of benzene rings is 1. The number of rotatable bonds is 10. The molecule has 114 valence electrons. The zero-order valence-corrected chi connectivity index (χ0v) is 13.5. The molecule has 0 aliphatic rings. The molecule has 0 spiro atoms. The highest BCUT2D eigenvalue weighted by atomic mass is 16.5. The van der Waals surface area contributed by atoms with E-state index in [0.29, 0.717) is 5.92 Å². The normalized spacial score (nSPS) is 12.4. The fraction of sp³-hybridized carbons (Fsp3) is 0.667. The van der Waals surface area contributed by atoms with Crippen molar-refractivity contribution in [2.75, 3.05) is 13.2 Å². The Balaban J connectivity index is 2.89. The molecule has 20 heavy (non-hydrogen) atoms. The van der Waals surface area contributed by atoms with Crippen LogP contribution >= 0.6 is 0 Å². The van der Waals surface area contributed by atoms with Crippen LogP contribution in [0.1, 0.15) is 69.9 Å². The van der Waals surface area contributed by atoms with E-state index in [-0.39, 0.29) is 0 Å². The molecule has 1 aromatic rings. The van der Waals surface area contributed by atoms with Crippen LogP contribution in [0.3, 0.4) is 0 Å². The molecule has 1 unspecified atom stereocenters. The Morgan fingerprint density at radius 2 is 1.90 bits per heavy atom. The van der Waals surface area contributed by atoms with Crippen molar-refractivity contribution in [3.05, 3.63) is 29.3 Å². The summed E-state index contributed by atoms with van der Waals surface area (Å²) in [5.74, 6) is 1.67. The Kier molecular flexibility index (Phi) is 8.36. The first-order chi connectivity index (χ1) is 9.76. The lowest BCUT2D eigenvalue weighted by atomic mass is 9.86. The highest BCUT2D eigenvalue weighted by molar-refractivity contribution is 5.38. The van der Waals surface area contributed by atoms with Gasteiger partial charge in [-0.1, -0.05) is 33.3 Å². The molecule has 0 saturated heterocycles. The number of aryl methyl sites for hydroxylation is 1. The lowest BCUT2D eigenvalue weighted by Gasteiger charge is -2.20. The van der Waals surface area contributed by atoms with Crippen LogP contribution in [0.15, 0.2) is 18.2 Å². The van der Waals surface area contributed by atoms with Gasteiger partial charge in [0.1, 0.15) is 5.75 Å². The summed E-state index contributed by atoms with van der Waals surface area (Å²) in [5, 5.41) is 0. The smallest absolute Gasteiger partial charge is 0.119 e. The minimum absolute atomic E-state index is 0.652. The maximum atomic E-state index is 5.75. The third-order valence-corrected chi connectivity index (χ3v) is 3.80. The van der Waals surface area contributed by atoms with Crippen molar-refractivity contribution in [2.45, 2.75) is 65.2 Å². The molecule has 0 aliphatic heterocycles. The van der Waals surface area contributed by atoms with E-state index in [4.69, 9.17) is 10.5 Å². The van der Waals surface area contributed by atoms with Crippen LogP contribution in [0.5, 0.6) is 5.75 Å². The van der Waals surface area contributed by atoms with E-state index in [9.17, 15) is 0 Å². The van der Waals surface area contributed by atoms with Gasteiger partial charge in [0.15, 0.2) is 0 Å². The first kappa shape index (κ1) is 17.0. The second-order valence-electron chi connectivity index (χ2n) is 5.48. The van der Waals surface area contributed by atoms with Crippen LogP contribution in [0.25, 0.3) is 0 Å². The Labute approximate surface area is 124 Å². The van der Waals surface area contributed by atoms with E-state index in [1.165, 1.54) is 30.4 Å². The third kappa shape index (κ3) is 5.16. The summed E-state index contributed by atoms with van der Waals surface area (Å²) in [6.07, 6.45) is 6.92. The average molecular weight is 277 g/mol. The SMILES string of the molecule is CCCOc1ccc(C(CCC)CCCN)c(CC)c1. The standard InChI is InChI=1S/C18H31NO/c1-4-8-16(9-7-12-19)18-11-10-17(20-13-5-2)14-15(18)6-3/h10-11,14,16H,4-9,12-13,19H2,1-3H3. The number of hydrogen-bond acceptors (Lipinski definition) is 2. The highest BCUT2D eigenvalue weighted by Crippen LogP contribution is 2.31. The summed E-state index contributed by atoms with van der Waals surface area (Å²) >= 11 is 0. The number of ether oxygens (including phenoxy) is 1. The van der Waals surface area contributed by atoms with E-state index < -0.39 is 0 Å². The number of nitrogens with two attached hydrogens (primary N) is 1. The fourth-order valence-electron chi connectivity index (χ4n) is 2.76. The molecule has 0 aromatic heterocycles. The number of hydrogen-bond donors (Lipinski definition) is 1. The maximum absolute atomic E-state index is 5.75. The minimum atomic E-state index is 0.652. The Bertz CT molecular complexity index is 376. The van der Waals surface area contributed by atoms with Gasteiger partial charge >= 0.3 is 0 Å². The maximum Gasteiger partial charge on any atom is 0.119 e. The molecule has 1 atom stereocenters. The van der Waals surface area contributed by atoms with Gasteiger partial charge in [-0.25, -0.2) is 0 Å². The van der Waals surface area contributed by atoms with Crippen molar-refractivity contribution >= 4 is 0 Å². The largest absolute Gasteiger partial charge is 0.494 e. The molecule has 0 amide bonds. The quantitative estimate of drug-likeness (QED) is 0.675. The van der Waals surface area contributed by atoms with Crippen LogP contribution in [-0.2, 0) is 6.42 Å². The van der Waals surface area contributed by atoms with E-state index in [1.54, 1.807) is 0 Å². The van der Waals surface area contributed by atoms with E-state index >= 15 is 0 Å². The minimum Gasteiger partial charge on any atom is -0.494 e. The first-order valence-corrected chi connectivity index (χ1v) is 8.22. The lowest BCUT2D eigenvalue weighted by molar-refractivity contribution is 0.317. The predicted molar refractivity (Wildman–Crippen MR) is 87.5 cm³/mol. The van der Waals surface area contributed by atoms with Crippen LogP contribution in [0, 0.1) is 0 Å². The zero-order valence-electron chi connectivity index (χ0n) is 13.5. The molecule has 0 aliphatic carbocycles. The van der Waals surface area contributed by atoms with Gasteiger partial charge in [0.05, 0.1) is 6.61 Å². The van der Waals surface area contributed by atoms with Gasteiger partial charge in [-0.2, -0.15) is 0 Å². The van der Waals surface area contributed by atoms with Crippen LogP contribution < -0.4 is 10.5 Å². The summed E-state index contributed by atoms with van der Waals surface area (Å²) in [7, 11) is 0. The van der Waals surface area contributed by atoms with Crippen molar-refractivity contribution < 1.29 is 4.74 Å². The van der Waals surface area contributed by atoms with Gasteiger partial charge in [0.2, 0.25) is 0 Å². The van der Waals surface area contributed by atoms with Gasteiger partial charge < -0.3 is 10.5 Å². The van der Waals surface area contributed by atoms with Crippen molar-refractivity contribution in [3.63, 3.8) is 0 Å². The molecule has 2 heteroatoms. The molecule has 1 aromatic carbocycles. The van der Waals surface area contributed by atoms with Crippen LogP contribution in [-0.4, -0.2) is 13.2 Å². The van der Waals surface area contributed by atoms with Gasteiger partial charge in [-0.15, -0.1) is 0 Å². The van der Waals surface area contributed by atoms with Crippen molar-refractivity contribution in [1.82, 2.24) is 0 Å². The monoisotopic (exact) mass is 277 g/mol. The summed E-state index contributed by atoms with van der Waals surface area (Å²) < 4.78 is 5.75. The Morgan fingerprint density at radius 3 is 2.50 bits per heavy atom. The Morgan fingerprint density at radius 1 is 1.10 bits per heavy atom. The van der Waals surface area contributed by atoms with Crippen LogP contribution in [0.2, 0.25) is 0 Å². The molecule has 0 bridgehead atoms. The van der Waals surface area contributed by atoms with E-state index in [0.717, 1.165) is 38.2 Å². The summed E-state index contributed by atoms with van der Waals surface area (Å²) in [6, 6.07) is 6.64. The highest BCUT2D eigenvalue weighted by Gasteiger charge is 2.14. The molecule has 2 nitrogen and oxygen atoms in total. The molecule has 0 heterocycles. The summed E-state index contributed by atoms with van der Waals surface area (Å²) in [5.41, 5.74) is 8.63. The van der Waals surface area contributed by atoms with Gasteiger partial charge in [-0.05, 0) is 67.8 Å². The average Bonchev–Trinajstić information content (AvgIpc) is 2.49. The molecule has 0 saturated carbocycles. The summed E-state index contributed by atoms with van der Waals surface area (Å²) in [4.78, 5) is 0. The third-order valence-electron chi connectivity index (χ3n) is 3.80. The molecular weight excluding hydrogens is 246 g/mol. The van der Waals surface area contributed by atoms with Gasteiger partial charge in [0.25, 0.3) is 0 Å². The van der Waals surface area contributed by atoms with Crippen LogP contribution in [0.4, 0.5) is 0 Å². The zero-order chi connectivity index (χ0) is 14.8. The Hall–Kier alpha value is -1.02. The van der Waals surface area contributed by atoms with Crippen molar-refractivity contribution in [3.8, 4) is 5.75 Å². The summed E-state index contributed by atoms with van der Waals surface area (Å²) in [6.45, 7) is 8.22. The molecule has 2 N–H and O–H groups in total. The predicted octanol–water partition coefficient (Wildman–Crippen LogP) is 4.66. The molecular formula is C18H31NO. The fourth-order valence-corrected chi connectivity index (χ4v) is 2.76. The van der Waals surface area contributed by atoms with Crippen molar-refractivity contribution in [2.24, 2.45) is 5.73 Å². The first-order valence-electron chi connectivity index (χ1n) is 8.22. The van der Waals surface area contributed by atoms with E-state index in [1.807, 2.05) is 0 Å². The topological polar surface area (TPSA) is 35.2 Å². The van der Waals surface area contributed by atoms with Gasteiger partial charge in [-0.3, -0.25) is 0 Å². The second-order valence-corrected chi connectivity index (χ2v) is 5.48.